The van der Waals surface area contributed by atoms with Crippen molar-refractivity contribution >= 4 is 34.6 Å². The molecule has 0 bridgehead atoms. The molecule has 4 amide bonds. The minimum atomic E-state index is -1.19. The van der Waals surface area contributed by atoms with Crippen molar-refractivity contribution in [2.24, 2.45) is 5.92 Å². The van der Waals surface area contributed by atoms with Crippen molar-refractivity contribution < 1.29 is 29.0 Å². The minimum absolute atomic E-state index is 0.00647. The van der Waals surface area contributed by atoms with Gasteiger partial charge in [-0.3, -0.25) is 19.8 Å². The predicted octanol–water partition coefficient (Wildman–Crippen LogP) is 3.83. The van der Waals surface area contributed by atoms with Gasteiger partial charge in [-0.25, -0.2) is 15.2 Å². The third-order valence-corrected chi connectivity index (χ3v) is 8.53. The molecule has 13 heteroatoms. The van der Waals surface area contributed by atoms with Gasteiger partial charge in [0.25, 0.3) is 0 Å². The smallest absolute Gasteiger partial charge is 0.408 e. The Hall–Kier alpha value is -5.27. The Morgan fingerprint density at radius 3 is 2.31 bits per heavy atom. The summed E-state index contributed by atoms with van der Waals surface area (Å²) in [7, 11) is 0. The van der Waals surface area contributed by atoms with Gasteiger partial charge in [0.15, 0.2) is 0 Å². The van der Waals surface area contributed by atoms with Crippen LogP contribution >= 0.6 is 0 Å². The molecule has 4 atom stereocenters. The van der Waals surface area contributed by atoms with Gasteiger partial charge in [-0.05, 0) is 40.7 Å². The number of carbonyl (C=O) groups excluding carboxylic acids is 4. The van der Waals surface area contributed by atoms with Crippen molar-refractivity contribution in [3.63, 3.8) is 0 Å². The topological polar surface area (TPSA) is 187 Å². The molecule has 52 heavy (non-hydrogen) atoms. The average Bonchev–Trinajstić information content (AvgIpc) is 3.65. The summed E-state index contributed by atoms with van der Waals surface area (Å²) in [6, 6.07) is 19.6. The Bertz CT molecular complexity index is 1710. The number of ether oxygens (including phenoxy) is 1. The number of benzene rings is 3. The first-order valence-corrected chi connectivity index (χ1v) is 17.8. The van der Waals surface area contributed by atoms with Gasteiger partial charge in [0, 0.05) is 31.3 Å². The summed E-state index contributed by atoms with van der Waals surface area (Å²) in [5, 5.41) is 21.4. The lowest BCUT2D eigenvalue weighted by molar-refractivity contribution is -0.131. The number of unbranched alkanes of at least 4 members (excludes halogenated alkanes) is 1. The molecular formula is C39H51N7O6. The van der Waals surface area contributed by atoms with Crippen LogP contribution in [0.4, 0.5) is 4.79 Å². The molecule has 0 fully saturated rings. The number of amides is 4. The second kappa shape index (κ2) is 20.5. The molecule has 3 aromatic carbocycles. The van der Waals surface area contributed by atoms with Crippen LogP contribution in [0.5, 0.6) is 0 Å². The molecule has 13 nitrogen and oxygen atoms in total. The number of aromatic amines is 1. The maximum absolute atomic E-state index is 14.1. The number of imidazole rings is 1. The predicted molar refractivity (Wildman–Crippen MR) is 198 cm³/mol. The van der Waals surface area contributed by atoms with E-state index in [9.17, 15) is 24.3 Å². The summed E-state index contributed by atoms with van der Waals surface area (Å²) in [4.78, 5) is 60.8. The number of fused-ring (bicyclic) bond motifs is 1. The standard InChI is InChI=1S/C39H51N7O6/c1-4-5-18-42-46-36(48)22-35(47)32(19-26(2)3)43-38(50)34(21-30-23-40-25-41-30)44-37(49)33(45-39(51)52-24-27-12-7-6-8-13-27)20-29-16-11-15-28-14-9-10-17-31(28)29/h6-17,23,25-26,32-35,42,47H,4-5,18-22,24H2,1-3H3,(H,40,41)(H,43,50)(H,44,49)(H,45,51)(H,46,48)/t32-,33+,34+,35-/m0/s1. The lowest BCUT2D eigenvalue weighted by atomic mass is 9.96. The highest BCUT2D eigenvalue weighted by molar-refractivity contribution is 5.93. The lowest BCUT2D eigenvalue weighted by Gasteiger charge is -2.29. The minimum Gasteiger partial charge on any atom is -0.445 e. The Morgan fingerprint density at radius 1 is 0.865 bits per heavy atom. The summed E-state index contributed by atoms with van der Waals surface area (Å²) >= 11 is 0. The number of rotatable bonds is 20. The van der Waals surface area contributed by atoms with Gasteiger partial charge in [0.2, 0.25) is 17.7 Å². The fourth-order valence-corrected chi connectivity index (χ4v) is 5.82. The Balaban J connectivity index is 1.53. The molecule has 4 aromatic rings. The van der Waals surface area contributed by atoms with Crippen molar-refractivity contribution in [1.29, 1.82) is 0 Å². The number of nitrogens with zero attached hydrogens (tertiary/aromatic N) is 1. The van der Waals surface area contributed by atoms with Gasteiger partial charge in [-0.2, -0.15) is 0 Å². The van der Waals surface area contributed by atoms with E-state index < -0.39 is 48.0 Å². The molecule has 1 heterocycles. The molecule has 0 spiro atoms. The van der Waals surface area contributed by atoms with Crippen LogP contribution in [-0.2, 0) is 38.6 Å². The van der Waals surface area contributed by atoms with E-state index in [1.54, 1.807) is 6.20 Å². The van der Waals surface area contributed by atoms with Crippen molar-refractivity contribution in [2.75, 3.05) is 6.54 Å². The summed E-state index contributed by atoms with van der Waals surface area (Å²) in [6.07, 6.45) is 3.18. The second-order valence-corrected chi connectivity index (χ2v) is 13.3. The number of carbonyl (C=O) groups is 4. The van der Waals surface area contributed by atoms with Gasteiger partial charge in [-0.15, -0.1) is 0 Å². The number of nitrogens with one attached hydrogen (secondary N) is 6. The molecule has 4 rings (SSSR count). The molecule has 0 aliphatic carbocycles. The number of H-pyrrole nitrogens is 1. The van der Waals surface area contributed by atoms with Gasteiger partial charge in [-0.1, -0.05) is 100.0 Å². The van der Waals surface area contributed by atoms with Crippen molar-refractivity contribution in [2.45, 2.75) is 90.1 Å². The van der Waals surface area contributed by atoms with E-state index in [4.69, 9.17) is 4.74 Å². The van der Waals surface area contributed by atoms with E-state index in [1.807, 2.05) is 93.6 Å². The highest BCUT2D eigenvalue weighted by Gasteiger charge is 2.32. The summed E-state index contributed by atoms with van der Waals surface area (Å²) < 4.78 is 5.47. The van der Waals surface area contributed by atoms with E-state index in [2.05, 4.69) is 36.8 Å². The first-order chi connectivity index (χ1) is 25.1. The highest BCUT2D eigenvalue weighted by Crippen LogP contribution is 2.20. The first kappa shape index (κ1) is 39.5. The molecule has 0 radical (unpaired) electrons. The van der Waals surface area contributed by atoms with Crippen LogP contribution in [-0.4, -0.2) is 69.7 Å². The zero-order valence-corrected chi connectivity index (χ0v) is 30.1. The van der Waals surface area contributed by atoms with Crippen LogP contribution in [0.3, 0.4) is 0 Å². The van der Waals surface area contributed by atoms with Crippen LogP contribution in [0.25, 0.3) is 10.8 Å². The van der Waals surface area contributed by atoms with E-state index in [-0.39, 0.29) is 31.8 Å². The number of hydrogen-bond donors (Lipinski definition) is 7. The number of alkyl carbamates (subject to hydrolysis) is 1. The van der Waals surface area contributed by atoms with Crippen LogP contribution < -0.4 is 26.8 Å². The Labute approximate surface area is 304 Å². The quantitative estimate of drug-likeness (QED) is 0.0532. The zero-order chi connectivity index (χ0) is 37.3. The van der Waals surface area contributed by atoms with Gasteiger partial charge in [0.1, 0.15) is 18.7 Å². The third kappa shape index (κ3) is 12.8. The van der Waals surface area contributed by atoms with Crippen molar-refractivity contribution in [1.82, 2.24) is 36.8 Å². The van der Waals surface area contributed by atoms with E-state index in [0.29, 0.717) is 18.7 Å². The highest BCUT2D eigenvalue weighted by atomic mass is 16.5. The van der Waals surface area contributed by atoms with Crippen LogP contribution in [0.15, 0.2) is 85.3 Å². The number of aliphatic hydroxyl groups excluding tert-OH is 1. The number of aromatic nitrogens is 2. The average molecular weight is 714 g/mol. The number of hydrazine groups is 1. The maximum Gasteiger partial charge on any atom is 0.408 e. The molecule has 0 saturated carbocycles. The zero-order valence-electron chi connectivity index (χ0n) is 30.1. The second-order valence-electron chi connectivity index (χ2n) is 13.3. The molecule has 1 aromatic heterocycles. The summed E-state index contributed by atoms with van der Waals surface area (Å²) in [6.45, 7) is 6.54. The SMILES string of the molecule is CCCCNNC(=O)C[C@H](O)[C@H](CC(C)C)NC(=O)[C@@H](Cc1cnc[nH]1)NC(=O)[C@@H](Cc1cccc2ccccc12)NC(=O)OCc1ccccc1. The largest absolute Gasteiger partial charge is 0.445 e. The van der Waals surface area contributed by atoms with Crippen LogP contribution in [0, 0.1) is 5.92 Å². The van der Waals surface area contributed by atoms with Gasteiger partial charge >= 0.3 is 6.09 Å². The normalized spacial score (nSPS) is 13.5. The third-order valence-electron chi connectivity index (χ3n) is 8.53. The van der Waals surface area contributed by atoms with E-state index in [1.165, 1.54) is 6.33 Å². The number of aliphatic hydroxyl groups is 1. The fourth-order valence-electron chi connectivity index (χ4n) is 5.82. The van der Waals surface area contributed by atoms with Gasteiger partial charge in [0.05, 0.1) is 24.9 Å². The number of hydrogen-bond acceptors (Lipinski definition) is 8. The monoisotopic (exact) mass is 713 g/mol. The summed E-state index contributed by atoms with van der Waals surface area (Å²) in [5.74, 6) is -1.51. The van der Waals surface area contributed by atoms with Crippen LogP contribution in [0.1, 0.15) is 63.3 Å². The molecule has 0 unspecified atom stereocenters. The molecule has 278 valence electrons. The maximum atomic E-state index is 14.1. The van der Waals surface area contributed by atoms with Crippen molar-refractivity contribution in [3.8, 4) is 0 Å². The first-order valence-electron chi connectivity index (χ1n) is 17.8. The summed E-state index contributed by atoms with van der Waals surface area (Å²) in [5.41, 5.74) is 7.63. The molecular weight excluding hydrogens is 662 g/mol. The molecule has 0 aliphatic rings. The van der Waals surface area contributed by atoms with Crippen LogP contribution in [0.2, 0.25) is 0 Å². The molecule has 0 saturated heterocycles. The Kier molecular flexibility index (Phi) is 15.6. The van der Waals surface area contributed by atoms with E-state index >= 15 is 0 Å². The van der Waals surface area contributed by atoms with E-state index in [0.717, 1.165) is 34.7 Å². The molecule has 0 aliphatic heterocycles. The lowest BCUT2D eigenvalue weighted by Crippen LogP contribution is -2.57. The van der Waals surface area contributed by atoms with Crippen molar-refractivity contribution in [3.05, 3.63) is 102 Å². The fraction of sp³-hybridized carbons (Fsp3) is 0.410. The Morgan fingerprint density at radius 2 is 1.58 bits per heavy atom. The molecule has 7 N–H and O–H groups in total. The van der Waals surface area contributed by atoms with Gasteiger partial charge < -0.3 is 30.8 Å².